The van der Waals surface area contributed by atoms with Crippen molar-refractivity contribution in [2.24, 2.45) is 5.92 Å². The Labute approximate surface area is 179 Å². The summed E-state index contributed by atoms with van der Waals surface area (Å²) in [5.41, 5.74) is 0.472. The number of ether oxygens (including phenoxy) is 3. The molecule has 30 heavy (non-hydrogen) atoms. The molecule has 5 heteroatoms. The lowest BCUT2D eigenvalue weighted by Gasteiger charge is -2.32. The topological polar surface area (TPSA) is 27.7 Å². The summed E-state index contributed by atoms with van der Waals surface area (Å²) in [5.74, 6) is -1.02. The van der Waals surface area contributed by atoms with Crippen LogP contribution in [-0.2, 0) is 9.47 Å². The van der Waals surface area contributed by atoms with Crippen molar-refractivity contribution in [3.63, 3.8) is 0 Å². The van der Waals surface area contributed by atoms with Crippen molar-refractivity contribution in [2.75, 3.05) is 19.8 Å². The van der Waals surface area contributed by atoms with Gasteiger partial charge in [0.1, 0.15) is 0 Å². The molecule has 1 heterocycles. The van der Waals surface area contributed by atoms with Crippen LogP contribution < -0.4 is 4.74 Å². The number of unbranched alkanes of at least 4 members (excludes halogenated alkanes) is 1. The number of halogens is 2. The van der Waals surface area contributed by atoms with E-state index in [1.165, 1.54) is 0 Å². The molecular formula is C25H36F2O3. The summed E-state index contributed by atoms with van der Waals surface area (Å²) in [5, 5.41) is 0. The van der Waals surface area contributed by atoms with Gasteiger partial charge in [-0.3, -0.25) is 0 Å². The van der Waals surface area contributed by atoms with E-state index in [-0.39, 0.29) is 23.9 Å². The molecule has 1 saturated carbocycles. The average molecular weight is 423 g/mol. The van der Waals surface area contributed by atoms with Crippen LogP contribution in [0.3, 0.4) is 0 Å². The van der Waals surface area contributed by atoms with Gasteiger partial charge < -0.3 is 14.2 Å². The molecule has 2 fully saturated rings. The first kappa shape index (κ1) is 23.2. The third-order valence-corrected chi connectivity index (χ3v) is 6.33. The molecule has 2 unspecified atom stereocenters. The van der Waals surface area contributed by atoms with Crippen molar-refractivity contribution < 1.29 is 23.0 Å². The van der Waals surface area contributed by atoms with Crippen molar-refractivity contribution in [3.05, 3.63) is 41.5 Å². The van der Waals surface area contributed by atoms with Crippen LogP contribution in [0.25, 0.3) is 0 Å². The number of benzene rings is 1. The minimum atomic E-state index is -0.854. The SMILES string of the molecule is CC=CC1CCC(COC2CCC(c3ccc(OCCCC)c(F)c3F)CC2)OC1. The maximum atomic E-state index is 14.6. The Balaban J connectivity index is 1.43. The number of hydrogen-bond donors (Lipinski definition) is 0. The maximum absolute atomic E-state index is 14.6. The second-order valence-electron chi connectivity index (χ2n) is 8.61. The highest BCUT2D eigenvalue weighted by atomic mass is 19.2. The van der Waals surface area contributed by atoms with Crippen LogP contribution in [0.4, 0.5) is 8.78 Å². The second-order valence-corrected chi connectivity index (χ2v) is 8.61. The molecule has 2 atom stereocenters. The quantitative estimate of drug-likeness (QED) is 0.333. The second kappa shape index (κ2) is 11.8. The molecular weight excluding hydrogens is 386 g/mol. The Morgan fingerprint density at radius 2 is 1.87 bits per heavy atom. The lowest BCUT2D eigenvalue weighted by Crippen LogP contribution is -2.31. The molecule has 1 aliphatic heterocycles. The summed E-state index contributed by atoms with van der Waals surface area (Å²) < 4.78 is 46.4. The minimum Gasteiger partial charge on any atom is -0.490 e. The van der Waals surface area contributed by atoms with E-state index in [0.717, 1.165) is 58.0 Å². The number of hydrogen-bond acceptors (Lipinski definition) is 3. The van der Waals surface area contributed by atoms with Gasteiger partial charge in [0.2, 0.25) is 5.82 Å². The molecule has 0 radical (unpaired) electrons. The van der Waals surface area contributed by atoms with Crippen molar-refractivity contribution in [3.8, 4) is 5.75 Å². The Morgan fingerprint density at radius 3 is 2.53 bits per heavy atom. The van der Waals surface area contributed by atoms with Gasteiger partial charge in [-0.15, -0.1) is 0 Å². The third kappa shape index (κ3) is 6.27. The van der Waals surface area contributed by atoms with Crippen LogP contribution in [0.1, 0.15) is 76.7 Å². The van der Waals surface area contributed by atoms with E-state index in [9.17, 15) is 8.78 Å². The Hall–Kier alpha value is -1.46. The highest BCUT2D eigenvalue weighted by Crippen LogP contribution is 2.37. The summed E-state index contributed by atoms with van der Waals surface area (Å²) in [6.07, 6.45) is 12.0. The molecule has 1 aliphatic carbocycles. The molecule has 168 valence electrons. The first-order valence-electron chi connectivity index (χ1n) is 11.6. The van der Waals surface area contributed by atoms with Crippen molar-refractivity contribution >= 4 is 0 Å². The zero-order valence-corrected chi connectivity index (χ0v) is 18.4. The standard InChI is InChI=1S/C25H36F2O3/c1-3-5-15-28-23-14-13-22(24(26)25(23)27)19-8-11-20(12-9-19)30-17-21-10-7-18(6-4-2)16-29-21/h4,6,13-14,18-21H,3,5,7-12,15-17H2,1-2H3. The first-order chi connectivity index (χ1) is 14.6. The van der Waals surface area contributed by atoms with Gasteiger partial charge in [0, 0.05) is 5.92 Å². The van der Waals surface area contributed by atoms with E-state index in [2.05, 4.69) is 12.2 Å². The van der Waals surface area contributed by atoms with Gasteiger partial charge in [-0.25, -0.2) is 4.39 Å². The Kier molecular flexibility index (Phi) is 9.13. The summed E-state index contributed by atoms with van der Waals surface area (Å²) >= 11 is 0. The molecule has 1 saturated heterocycles. The summed E-state index contributed by atoms with van der Waals surface area (Å²) in [6.45, 7) is 5.89. The van der Waals surface area contributed by atoms with E-state index in [1.807, 2.05) is 13.8 Å². The van der Waals surface area contributed by atoms with Crippen molar-refractivity contribution in [1.82, 2.24) is 0 Å². The normalized spacial score (nSPS) is 27.5. The van der Waals surface area contributed by atoms with Crippen LogP contribution in [0, 0.1) is 17.6 Å². The summed E-state index contributed by atoms with van der Waals surface area (Å²) in [6, 6.07) is 3.27. The highest BCUT2D eigenvalue weighted by molar-refractivity contribution is 5.33. The minimum absolute atomic E-state index is 0.0193. The lowest BCUT2D eigenvalue weighted by molar-refractivity contribution is -0.0795. The molecule has 1 aromatic rings. The monoisotopic (exact) mass is 422 g/mol. The predicted molar refractivity (Wildman–Crippen MR) is 115 cm³/mol. The summed E-state index contributed by atoms with van der Waals surface area (Å²) in [4.78, 5) is 0. The van der Waals surface area contributed by atoms with Gasteiger partial charge in [0.25, 0.3) is 0 Å². The van der Waals surface area contributed by atoms with Gasteiger partial charge in [-0.05, 0) is 69.4 Å². The zero-order valence-electron chi connectivity index (χ0n) is 18.4. The van der Waals surface area contributed by atoms with Crippen LogP contribution in [-0.4, -0.2) is 32.0 Å². The Bertz CT molecular complexity index is 675. The average Bonchev–Trinajstić information content (AvgIpc) is 2.77. The van der Waals surface area contributed by atoms with E-state index >= 15 is 0 Å². The zero-order chi connectivity index (χ0) is 21.3. The first-order valence-corrected chi connectivity index (χ1v) is 11.6. The van der Waals surface area contributed by atoms with Gasteiger partial charge in [0.05, 0.1) is 32.0 Å². The van der Waals surface area contributed by atoms with E-state index in [4.69, 9.17) is 14.2 Å². The molecule has 0 bridgehead atoms. The molecule has 3 rings (SSSR count). The van der Waals surface area contributed by atoms with E-state index in [0.29, 0.717) is 24.7 Å². The van der Waals surface area contributed by atoms with Gasteiger partial charge >= 0.3 is 0 Å². The lowest BCUT2D eigenvalue weighted by atomic mass is 9.82. The Morgan fingerprint density at radius 1 is 1.07 bits per heavy atom. The fourth-order valence-electron chi connectivity index (χ4n) is 4.47. The maximum Gasteiger partial charge on any atom is 0.200 e. The van der Waals surface area contributed by atoms with E-state index < -0.39 is 11.6 Å². The number of allylic oxidation sites excluding steroid dienone is 1. The third-order valence-electron chi connectivity index (χ3n) is 6.33. The van der Waals surface area contributed by atoms with Crippen molar-refractivity contribution in [1.29, 1.82) is 0 Å². The van der Waals surface area contributed by atoms with Crippen LogP contribution in [0.5, 0.6) is 5.75 Å². The van der Waals surface area contributed by atoms with Crippen LogP contribution in [0.2, 0.25) is 0 Å². The molecule has 2 aliphatic rings. The fourth-order valence-corrected chi connectivity index (χ4v) is 4.47. The summed E-state index contributed by atoms with van der Waals surface area (Å²) in [7, 11) is 0. The predicted octanol–water partition coefficient (Wildman–Crippen LogP) is 6.56. The molecule has 0 spiro atoms. The molecule has 0 N–H and O–H groups in total. The highest BCUT2D eigenvalue weighted by Gasteiger charge is 2.28. The van der Waals surface area contributed by atoms with E-state index in [1.54, 1.807) is 12.1 Å². The van der Waals surface area contributed by atoms with Crippen molar-refractivity contribution in [2.45, 2.75) is 83.3 Å². The molecule has 1 aromatic carbocycles. The largest absolute Gasteiger partial charge is 0.490 e. The fraction of sp³-hybridized carbons (Fsp3) is 0.680. The molecule has 0 amide bonds. The van der Waals surface area contributed by atoms with Gasteiger partial charge in [-0.2, -0.15) is 4.39 Å². The molecule has 3 nitrogen and oxygen atoms in total. The van der Waals surface area contributed by atoms with Crippen LogP contribution >= 0.6 is 0 Å². The molecule has 0 aromatic heterocycles. The van der Waals surface area contributed by atoms with Gasteiger partial charge in [-0.1, -0.05) is 31.6 Å². The van der Waals surface area contributed by atoms with Crippen LogP contribution in [0.15, 0.2) is 24.3 Å². The van der Waals surface area contributed by atoms with Gasteiger partial charge in [0.15, 0.2) is 11.6 Å². The smallest absolute Gasteiger partial charge is 0.200 e. The number of rotatable bonds is 9.